The van der Waals surface area contributed by atoms with Crippen molar-refractivity contribution in [3.63, 3.8) is 0 Å². The van der Waals surface area contributed by atoms with E-state index in [0.717, 1.165) is 41.1 Å². The van der Waals surface area contributed by atoms with E-state index in [9.17, 15) is 27.9 Å². The molecule has 0 aliphatic carbocycles. The number of nitrogens with zero attached hydrogens (tertiary/aromatic N) is 1. The standard InChI is InChI=1S/C28H24F3NO4/c1-3-16-36-21-14-8-18(9-15-21)25(33)23-24(22-7-5-4-6-17(22)2)32(27(35)26(23)34)20-12-10-19(11-13-20)28(29,30)31/h4-15,24,33H,3,16H2,1-2H3/b25-23+. The summed E-state index contributed by atoms with van der Waals surface area (Å²) in [5.41, 5.74) is 0.720. The maximum atomic E-state index is 13.2. The molecule has 1 aliphatic heterocycles. The lowest BCUT2D eigenvalue weighted by molar-refractivity contribution is -0.137. The molecular weight excluding hydrogens is 471 g/mol. The van der Waals surface area contributed by atoms with Crippen LogP contribution in [0, 0.1) is 6.92 Å². The zero-order valence-electron chi connectivity index (χ0n) is 19.7. The lowest BCUT2D eigenvalue weighted by Gasteiger charge is -2.27. The number of hydrogen-bond acceptors (Lipinski definition) is 4. The minimum absolute atomic E-state index is 0.112. The quantitative estimate of drug-likeness (QED) is 0.243. The number of ketones is 1. The highest BCUT2D eigenvalue weighted by atomic mass is 19.4. The van der Waals surface area contributed by atoms with Gasteiger partial charge in [-0.05, 0) is 73.0 Å². The first-order valence-electron chi connectivity index (χ1n) is 11.4. The van der Waals surface area contributed by atoms with Crippen molar-refractivity contribution in [3.8, 4) is 5.75 Å². The lowest BCUT2D eigenvalue weighted by Crippen LogP contribution is -2.29. The Morgan fingerprint density at radius 1 is 0.972 bits per heavy atom. The first-order valence-corrected chi connectivity index (χ1v) is 11.4. The highest BCUT2D eigenvalue weighted by Gasteiger charge is 2.47. The minimum atomic E-state index is -4.55. The number of ether oxygens (including phenoxy) is 1. The molecule has 0 spiro atoms. The fourth-order valence-corrected chi connectivity index (χ4v) is 4.18. The van der Waals surface area contributed by atoms with E-state index < -0.39 is 29.5 Å². The van der Waals surface area contributed by atoms with Crippen LogP contribution in [0.2, 0.25) is 0 Å². The van der Waals surface area contributed by atoms with Gasteiger partial charge in [-0.3, -0.25) is 14.5 Å². The van der Waals surface area contributed by atoms with Gasteiger partial charge in [0.1, 0.15) is 11.5 Å². The molecule has 3 aromatic rings. The maximum Gasteiger partial charge on any atom is 0.416 e. The smallest absolute Gasteiger partial charge is 0.416 e. The van der Waals surface area contributed by atoms with E-state index in [1.807, 2.05) is 6.92 Å². The van der Waals surface area contributed by atoms with Crippen molar-refractivity contribution in [1.29, 1.82) is 0 Å². The van der Waals surface area contributed by atoms with Gasteiger partial charge < -0.3 is 9.84 Å². The molecule has 0 radical (unpaired) electrons. The van der Waals surface area contributed by atoms with Gasteiger partial charge in [0.15, 0.2) is 0 Å². The number of Topliss-reactive ketones (excluding diaryl/α,β-unsaturated/α-hetero) is 1. The molecule has 8 heteroatoms. The molecule has 1 unspecified atom stereocenters. The molecule has 1 fully saturated rings. The van der Waals surface area contributed by atoms with Crippen molar-refractivity contribution in [3.05, 3.63) is 101 Å². The summed E-state index contributed by atoms with van der Waals surface area (Å²) in [5, 5.41) is 11.2. The number of halogens is 3. The third kappa shape index (κ3) is 4.71. The summed E-state index contributed by atoms with van der Waals surface area (Å²) >= 11 is 0. The van der Waals surface area contributed by atoms with Crippen molar-refractivity contribution in [2.75, 3.05) is 11.5 Å². The Morgan fingerprint density at radius 3 is 2.19 bits per heavy atom. The molecule has 0 saturated carbocycles. The molecular formula is C28H24F3NO4. The molecule has 1 aliphatic rings. The van der Waals surface area contributed by atoms with Crippen molar-refractivity contribution in [2.24, 2.45) is 0 Å². The average Bonchev–Trinajstić information content (AvgIpc) is 3.12. The van der Waals surface area contributed by atoms with Gasteiger partial charge in [-0.25, -0.2) is 0 Å². The minimum Gasteiger partial charge on any atom is -0.507 e. The van der Waals surface area contributed by atoms with E-state index in [-0.39, 0.29) is 17.0 Å². The number of carbonyl (C=O) groups is 2. The summed E-state index contributed by atoms with van der Waals surface area (Å²) in [6, 6.07) is 16.5. The summed E-state index contributed by atoms with van der Waals surface area (Å²) in [6.07, 6.45) is -3.72. The summed E-state index contributed by atoms with van der Waals surface area (Å²) in [6.45, 7) is 4.29. The van der Waals surface area contributed by atoms with Crippen molar-refractivity contribution in [2.45, 2.75) is 32.5 Å². The first-order chi connectivity index (χ1) is 17.1. The molecule has 5 nitrogen and oxygen atoms in total. The van der Waals surface area contributed by atoms with Crippen LogP contribution in [0.25, 0.3) is 5.76 Å². The number of alkyl halides is 3. The Kier molecular flexibility index (Phi) is 6.88. The van der Waals surface area contributed by atoms with Crippen LogP contribution in [0.1, 0.15) is 41.6 Å². The summed E-state index contributed by atoms with van der Waals surface area (Å²) in [4.78, 5) is 27.5. The molecule has 4 rings (SSSR count). The predicted molar refractivity (Wildman–Crippen MR) is 130 cm³/mol. The van der Waals surface area contributed by atoms with Crippen molar-refractivity contribution in [1.82, 2.24) is 0 Å². The highest BCUT2D eigenvalue weighted by molar-refractivity contribution is 6.51. The van der Waals surface area contributed by atoms with Crippen LogP contribution in [0.15, 0.2) is 78.4 Å². The molecule has 1 amide bonds. The third-order valence-corrected chi connectivity index (χ3v) is 6.00. The number of hydrogen-bond donors (Lipinski definition) is 1. The monoisotopic (exact) mass is 495 g/mol. The predicted octanol–water partition coefficient (Wildman–Crippen LogP) is 6.43. The number of aliphatic hydroxyl groups is 1. The Hall–Kier alpha value is -4.07. The second-order valence-corrected chi connectivity index (χ2v) is 8.44. The van der Waals surface area contributed by atoms with Gasteiger partial charge in [0.25, 0.3) is 11.7 Å². The number of carbonyl (C=O) groups excluding carboxylic acids is 2. The molecule has 186 valence electrons. The van der Waals surface area contributed by atoms with Crippen molar-refractivity contribution < 1.29 is 32.6 Å². The van der Waals surface area contributed by atoms with Crippen molar-refractivity contribution >= 4 is 23.1 Å². The Balaban J connectivity index is 1.85. The van der Waals surface area contributed by atoms with E-state index in [1.54, 1.807) is 55.5 Å². The Bertz CT molecular complexity index is 1310. The molecule has 1 heterocycles. The van der Waals surface area contributed by atoms with E-state index in [0.29, 0.717) is 23.5 Å². The third-order valence-electron chi connectivity index (χ3n) is 6.00. The zero-order chi connectivity index (χ0) is 26.0. The number of aryl methyl sites for hydroxylation is 1. The van der Waals surface area contributed by atoms with Crippen LogP contribution in [0.5, 0.6) is 5.75 Å². The van der Waals surface area contributed by atoms with E-state index >= 15 is 0 Å². The Labute approximate surface area is 206 Å². The van der Waals surface area contributed by atoms with Crippen LogP contribution in [-0.4, -0.2) is 23.4 Å². The molecule has 1 N–H and O–H groups in total. The van der Waals surface area contributed by atoms with Gasteiger partial charge >= 0.3 is 6.18 Å². The summed E-state index contributed by atoms with van der Waals surface area (Å²) in [7, 11) is 0. The maximum absolute atomic E-state index is 13.2. The van der Waals surface area contributed by atoms with Crippen LogP contribution in [-0.2, 0) is 15.8 Å². The Morgan fingerprint density at radius 2 is 1.61 bits per heavy atom. The van der Waals surface area contributed by atoms with Crippen LogP contribution >= 0.6 is 0 Å². The van der Waals surface area contributed by atoms with Gasteiger partial charge in [0.2, 0.25) is 0 Å². The number of aliphatic hydroxyl groups excluding tert-OH is 1. The van der Waals surface area contributed by atoms with Gasteiger partial charge in [0.05, 0.1) is 23.8 Å². The number of anilines is 1. The topological polar surface area (TPSA) is 66.8 Å². The van der Waals surface area contributed by atoms with Gasteiger partial charge in [-0.2, -0.15) is 13.2 Å². The highest BCUT2D eigenvalue weighted by Crippen LogP contribution is 2.43. The fourth-order valence-electron chi connectivity index (χ4n) is 4.18. The molecule has 1 saturated heterocycles. The zero-order valence-corrected chi connectivity index (χ0v) is 19.7. The van der Waals surface area contributed by atoms with Crippen LogP contribution in [0.4, 0.5) is 18.9 Å². The normalized spacial score (nSPS) is 17.5. The number of rotatable bonds is 6. The van der Waals surface area contributed by atoms with Crippen LogP contribution < -0.4 is 9.64 Å². The second-order valence-electron chi connectivity index (χ2n) is 8.44. The molecule has 0 aromatic heterocycles. The number of benzene rings is 3. The van der Waals surface area contributed by atoms with Gasteiger partial charge in [-0.1, -0.05) is 31.2 Å². The molecule has 3 aromatic carbocycles. The molecule has 1 atom stereocenters. The largest absolute Gasteiger partial charge is 0.507 e. The lowest BCUT2D eigenvalue weighted by atomic mass is 9.92. The fraction of sp³-hybridized carbons (Fsp3) is 0.214. The number of amides is 1. The first kappa shape index (κ1) is 25.0. The van der Waals surface area contributed by atoms with E-state index in [1.165, 1.54) is 0 Å². The average molecular weight is 495 g/mol. The molecule has 0 bridgehead atoms. The van der Waals surface area contributed by atoms with Gasteiger partial charge in [-0.15, -0.1) is 0 Å². The second kappa shape index (κ2) is 9.89. The summed E-state index contributed by atoms with van der Waals surface area (Å²) < 4.78 is 44.9. The summed E-state index contributed by atoms with van der Waals surface area (Å²) in [5.74, 6) is -1.65. The van der Waals surface area contributed by atoms with Crippen LogP contribution in [0.3, 0.4) is 0 Å². The SMILES string of the molecule is CCCOc1ccc(/C(O)=C2\C(=O)C(=O)N(c3ccc(C(F)(F)F)cc3)C2c2ccccc2C)cc1. The molecule has 36 heavy (non-hydrogen) atoms. The van der Waals surface area contributed by atoms with Gasteiger partial charge in [0, 0.05) is 11.3 Å². The van der Waals surface area contributed by atoms with E-state index in [2.05, 4.69) is 0 Å². The van der Waals surface area contributed by atoms with E-state index in [4.69, 9.17) is 4.74 Å².